The minimum absolute atomic E-state index is 0.420. The number of rotatable bonds is 6. The van der Waals surface area contributed by atoms with E-state index in [1.165, 1.54) is 0 Å². The van der Waals surface area contributed by atoms with Crippen LogP contribution in [0.15, 0.2) is 0 Å². The second kappa shape index (κ2) is 7.88. The average molecular weight is 133 g/mol. The molecule has 0 saturated carbocycles. The smallest absolute Gasteiger partial charge is 0.180 e. The highest BCUT2D eigenvalue weighted by atomic mass is 16.6. The highest BCUT2D eigenvalue weighted by Crippen LogP contribution is 1.80. The van der Waals surface area contributed by atoms with Gasteiger partial charge in [-0.3, -0.25) is 0 Å². The summed E-state index contributed by atoms with van der Waals surface area (Å²) in [4.78, 5) is 0. The van der Waals surface area contributed by atoms with E-state index in [-0.39, 0.29) is 0 Å². The van der Waals surface area contributed by atoms with Gasteiger partial charge in [0.15, 0.2) is 6.79 Å². The van der Waals surface area contributed by atoms with Crippen LogP contribution in [0.2, 0.25) is 0 Å². The molecule has 0 aromatic carbocycles. The number of hydrogen-bond acceptors (Lipinski definition) is 2. The van der Waals surface area contributed by atoms with Gasteiger partial charge < -0.3 is 9.47 Å². The van der Waals surface area contributed by atoms with Gasteiger partial charge in [-0.1, -0.05) is 6.92 Å². The molecule has 55 valence electrons. The van der Waals surface area contributed by atoms with Gasteiger partial charge in [0.05, 0.1) is 13.2 Å². The van der Waals surface area contributed by atoms with Crippen molar-refractivity contribution in [2.24, 2.45) is 0 Å². The first-order chi connectivity index (χ1) is 4.41. The highest BCUT2D eigenvalue weighted by molar-refractivity contribution is 4.27. The summed E-state index contributed by atoms with van der Waals surface area (Å²) in [6.45, 7) is 3.28. The fourth-order valence-electron chi connectivity index (χ4n) is 0.423. The van der Waals surface area contributed by atoms with E-state index < -0.39 is 6.79 Å². The van der Waals surface area contributed by atoms with Crippen LogP contribution in [-0.2, 0) is 14.6 Å². The van der Waals surface area contributed by atoms with Gasteiger partial charge in [0, 0.05) is 6.61 Å². The molecule has 0 unspecified atom stereocenters. The standard InChI is InChI=1S/C6H13O3/c1-2-3-8-4-5-9-6-7/h2-6H2,1H3. The molecule has 0 saturated heterocycles. The lowest BCUT2D eigenvalue weighted by Crippen LogP contribution is -2.04. The summed E-state index contributed by atoms with van der Waals surface area (Å²) in [5.74, 6) is 0. The first-order valence-electron chi connectivity index (χ1n) is 3.15. The zero-order valence-corrected chi connectivity index (χ0v) is 5.76. The van der Waals surface area contributed by atoms with Gasteiger partial charge in [0.25, 0.3) is 0 Å². The molecule has 0 fully saturated rings. The van der Waals surface area contributed by atoms with E-state index in [0.717, 1.165) is 13.0 Å². The zero-order valence-electron chi connectivity index (χ0n) is 5.76. The molecule has 0 aromatic rings. The molecule has 0 bridgehead atoms. The van der Waals surface area contributed by atoms with Crippen LogP contribution < -0.4 is 0 Å². The van der Waals surface area contributed by atoms with Crippen LogP contribution in [0.5, 0.6) is 0 Å². The van der Waals surface area contributed by atoms with Crippen molar-refractivity contribution in [3.63, 3.8) is 0 Å². The summed E-state index contributed by atoms with van der Waals surface area (Å²) in [6.07, 6.45) is 1.01. The van der Waals surface area contributed by atoms with Crippen LogP contribution in [-0.4, -0.2) is 26.6 Å². The Morgan fingerprint density at radius 1 is 1.11 bits per heavy atom. The topological polar surface area (TPSA) is 38.4 Å². The monoisotopic (exact) mass is 133 g/mol. The Kier molecular flexibility index (Phi) is 7.77. The number of hydrogen-bond donors (Lipinski definition) is 0. The van der Waals surface area contributed by atoms with Gasteiger partial charge in [0.2, 0.25) is 0 Å². The first kappa shape index (κ1) is 8.88. The predicted molar refractivity (Wildman–Crippen MR) is 32.6 cm³/mol. The molecule has 0 N–H and O–H groups in total. The molecule has 0 amide bonds. The van der Waals surface area contributed by atoms with E-state index in [4.69, 9.17) is 4.74 Å². The Balaban J connectivity index is 2.60. The summed E-state index contributed by atoms with van der Waals surface area (Å²) in [5, 5.41) is 9.68. The molecule has 9 heavy (non-hydrogen) atoms. The molecule has 0 spiro atoms. The molecule has 0 rings (SSSR count). The lowest BCUT2D eigenvalue weighted by atomic mass is 10.5. The average Bonchev–Trinajstić information content (AvgIpc) is 1.89. The van der Waals surface area contributed by atoms with Gasteiger partial charge in [0.1, 0.15) is 0 Å². The maximum atomic E-state index is 9.68. The maximum absolute atomic E-state index is 9.68. The van der Waals surface area contributed by atoms with Crippen LogP contribution in [0.25, 0.3) is 0 Å². The molecule has 3 nitrogen and oxygen atoms in total. The summed E-state index contributed by atoms with van der Waals surface area (Å²) >= 11 is 0. The third kappa shape index (κ3) is 7.88. The molecule has 0 aliphatic heterocycles. The predicted octanol–water partition coefficient (Wildman–Crippen LogP) is 0.818. The Morgan fingerprint density at radius 3 is 2.33 bits per heavy atom. The second-order valence-corrected chi connectivity index (χ2v) is 1.64. The lowest BCUT2D eigenvalue weighted by Gasteiger charge is -1.99. The van der Waals surface area contributed by atoms with Crippen LogP contribution >= 0.6 is 0 Å². The molecule has 0 aliphatic rings. The molecular weight excluding hydrogens is 120 g/mol. The summed E-state index contributed by atoms with van der Waals surface area (Å²) in [6, 6.07) is 0. The van der Waals surface area contributed by atoms with E-state index in [1.807, 2.05) is 6.92 Å². The largest absolute Gasteiger partial charge is 0.379 e. The van der Waals surface area contributed by atoms with Crippen molar-refractivity contribution in [3.8, 4) is 0 Å². The molecule has 0 aliphatic carbocycles. The Morgan fingerprint density at radius 2 is 1.78 bits per heavy atom. The Hall–Kier alpha value is -0.120. The van der Waals surface area contributed by atoms with Crippen molar-refractivity contribution in [2.45, 2.75) is 13.3 Å². The van der Waals surface area contributed by atoms with E-state index in [9.17, 15) is 5.11 Å². The lowest BCUT2D eigenvalue weighted by molar-refractivity contribution is -0.0619. The van der Waals surface area contributed by atoms with Gasteiger partial charge in [-0.15, -0.1) is 0 Å². The summed E-state index contributed by atoms with van der Waals surface area (Å²) in [7, 11) is 0. The molecule has 0 heterocycles. The van der Waals surface area contributed by atoms with Crippen molar-refractivity contribution in [1.82, 2.24) is 0 Å². The van der Waals surface area contributed by atoms with Crippen molar-refractivity contribution >= 4 is 0 Å². The third-order valence-corrected chi connectivity index (χ3v) is 0.804. The van der Waals surface area contributed by atoms with Crippen molar-refractivity contribution in [3.05, 3.63) is 0 Å². The maximum Gasteiger partial charge on any atom is 0.180 e. The molecule has 1 radical (unpaired) electrons. The molecule has 3 heteroatoms. The Labute approximate surface area is 55.6 Å². The quantitative estimate of drug-likeness (QED) is 0.397. The van der Waals surface area contributed by atoms with Gasteiger partial charge in [-0.2, -0.15) is 0 Å². The van der Waals surface area contributed by atoms with E-state index in [2.05, 4.69) is 4.74 Å². The van der Waals surface area contributed by atoms with Crippen molar-refractivity contribution in [1.29, 1.82) is 0 Å². The van der Waals surface area contributed by atoms with Crippen LogP contribution in [0.3, 0.4) is 0 Å². The third-order valence-electron chi connectivity index (χ3n) is 0.804. The van der Waals surface area contributed by atoms with Crippen molar-refractivity contribution in [2.75, 3.05) is 26.6 Å². The fourth-order valence-corrected chi connectivity index (χ4v) is 0.423. The van der Waals surface area contributed by atoms with Gasteiger partial charge >= 0.3 is 0 Å². The second-order valence-electron chi connectivity index (χ2n) is 1.64. The zero-order chi connectivity index (χ0) is 6.95. The molecule has 0 aromatic heterocycles. The first-order valence-corrected chi connectivity index (χ1v) is 3.15. The minimum atomic E-state index is -0.463. The Bertz CT molecular complexity index is 41.6. The van der Waals surface area contributed by atoms with Crippen LogP contribution in [0, 0.1) is 0 Å². The minimum Gasteiger partial charge on any atom is -0.379 e. The van der Waals surface area contributed by atoms with E-state index >= 15 is 0 Å². The normalized spacial score (nSPS) is 10.0. The summed E-state index contributed by atoms with van der Waals surface area (Å²) < 4.78 is 9.52. The van der Waals surface area contributed by atoms with Gasteiger partial charge in [-0.05, 0) is 6.42 Å². The van der Waals surface area contributed by atoms with Crippen molar-refractivity contribution < 1.29 is 14.6 Å². The highest BCUT2D eigenvalue weighted by Gasteiger charge is 1.85. The van der Waals surface area contributed by atoms with Crippen LogP contribution in [0.1, 0.15) is 13.3 Å². The fraction of sp³-hybridized carbons (Fsp3) is 1.00. The number of ether oxygens (including phenoxy) is 2. The summed E-state index contributed by atoms with van der Waals surface area (Å²) in [5.41, 5.74) is 0. The van der Waals surface area contributed by atoms with Gasteiger partial charge in [-0.25, -0.2) is 5.11 Å². The molecular formula is C6H13O3. The van der Waals surface area contributed by atoms with E-state index in [0.29, 0.717) is 13.2 Å². The SMILES string of the molecule is CCCOCCOC[O]. The van der Waals surface area contributed by atoms with Crippen LogP contribution in [0.4, 0.5) is 0 Å². The molecule has 0 atom stereocenters. The van der Waals surface area contributed by atoms with E-state index in [1.54, 1.807) is 0 Å².